The topological polar surface area (TPSA) is 76.5 Å². The van der Waals surface area contributed by atoms with Crippen LogP contribution in [0.1, 0.15) is 0 Å². The Balaban J connectivity index is 2.61. The summed E-state index contributed by atoms with van der Waals surface area (Å²) in [6.07, 6.45) is 1.39. The minimum Gasteiger partial charge on any atom is -0.481 e. The molecule has 0 aliphatic heterocycles. The third kappa shape index (κ3) is 3.69. The van der Waals surface area contributed by atoms with Gasteiger partial charge in [0.25, 0.3) is 0 Å². The van der Waals surface area contributed by atoms with Gasteiger partial charge in [-0.15, -0.1) is 0 Å². The molecule has 0 radical (unpaired) electrons. The highest BCUT2D eigenvalue weighted by Gasteiger charge is 2.07. The standard InChI is InChI=1S/C9H15N3O3/c1-14-5-7(4-13)12-8-3-9(15-2)11-6-10-8/h3,6-7,13H,4-5H2,1-2H3,(H,10,11,12). The molecule has 1 atom stereocenters. The Labute approximate surface area is 88.3 Å². The van der Waals surface area contributed by atoms with E-state index in [1.807, 2.05) is 0 Å². The third-order valence-electron chi connectivity index (χ3n) is 1.79. The Morgan fingerprint density at radius 1 is 1.47 bits per heavy atom. The molecule has 0 fully saturated rings. The predicted molar refractivity (Wildman–Crippen MR) is 55.0 cm³/mol. The number of hydrogen-bond acceptors (Lipinski definition) is 6. The van der Waals surface area contributed by atoms with Crippen LogP contribution in [-0.2, 0) is 4.74 Å². The predicted octanol–water partition coefficient (Wildman–Crippen LogP) is -0.0956. The number of anilines is 1. The summed E-state index contributed by atoms with van der Waals surface area (Å²) < 4.78 is 9.87. The van der Waals surface area contributed by atoms with Crippen molar-refractivity contribution in [2.45, 2.75) is 6.04 Å². The van der Waals surface area contributed by atoms with Gasteiger partial charge in [-0.25, -0.2) is 9.97 Å². The molecule has 0 saturated carbocycles. The maximum atomic E-state index is 9.03. The van der Waals surface area contributed by atoms with Crippen molar-refractivity contribution in [1.29, 1.82) is 0 Å². The number of hydrogen-bond donors (Lipinski definition) is 2. The lowest BCUT2D eigenvalue weighted by molar-refractivity contribution is 0.153. The van der Waals surface area contributed by atoms with E-state index in [-0.39, 0.29) is 12.6 Å². The first-order valence-corrected chi connectivity index (χ1v) is 4.52. The monoisotopic (exact) mass is 213 g/mol. The van der Waals surface area contributed by atoms with Crippen molar-refractivity contribution in [2.75, 3.05) is 32.8 Å². The van der Waals surface area contributed by atoms with E-state index >= 15 is 0 Å². The molecule has 6 heteroatoms. The molecule has 1 heterocycles. The van der Waals surface area contributed by atoms with Crippen LogP contribution < -0.4 is 10.1 Å². The average molecular weight is 213 g/mol. The van der Waals surface area contributed by atoms with Gasteiger partial charge in [-0.1, -0.05) is 0 Å². The van der Waals surface area contributed by atoms with Crippen LogP contribution in [0, 0.1) is 0 Å². The Hall–Kier alpha value is -1.40. The molecule has 0 aliphatic rings. The average Bonchev–Trinajstić information content (AvgIpc) is 2.29. The molecule has 15 heavy (non-hydrogen) atoms. The van der Waals surface area contributed by atoms with Crippen LogP contribution >= 0.6 is 0 Å². The molecule has 0 aliphatic carbocycles. The lowest BCUT2D eigenvalue weighted by Crippen LogP contribution is -2.29. The van der Waals surface area contributed by atoms with E-state index in [9.17, 15) is 0 Å². The van der Waals surface area contributed by atoms with Gasteiger partial charge in [-0.05, 0) is 0 Å². The van der Waals surface area contributed by atoms with E-state index in [1.54, 1.807) is 13.2 Å². The lowest BCUT2D eigenvalue weighted by Gasteiger charge is -2.15. The second-order valence-electron chi connectivity index (χ2n) is 2.92. The van der Waals surface area contributed by atoms with Crippen LogP contribution in [0.4, 0.5) is 5.82 Å². The van der Waals surface area contributed by atoms with Crippen LogP contribution in [0.25, 0.3) is 0 Å². The quantitative estimate of drug-likeness (QED) is 0.687. The second kappa shape index (κ2) is 6.15. The van der Waals surface area contributed by atoms with Gasteiger partial charge in [0, 0.05) is 13.2 Å². The van der Waals surface area contributed by atoms with Gasteiger partial charge in [0.15, 0.2) is 0 Å². The molecule has 84 valence electrons. The summed E-state index contributed by atoms with van der Waals surface area (Å²) in [4.78, 5) is 7.86. The highest BCUT2D eigenvalue weighted by Crippen LogP contribution is 2.10. The molecule has 2 N–H and O–H groups in total. The second-order valence-corrected chi connectivity index (χ2v) is 2.92. The Bertz CT molecular complexity index is 296. The SMILES string of the molecule is COCC(CO)Nc1cc(OC)ncn1. The van der Waals surface area contributed by atoms with E-state index < -0.39 is 0 Å². The molecule has 1 aromatic heterocycles. The fourth-order valence-corrected chi connectivity index (χ4v) is 1.08. The number of rotatable bonds is 6. The van der Waals surface area contributed by atoms with Crippen LogP contribution in [-0.4, -0.2) is 48.5 Å². The maximum absolute atomic E-state index is 9.03. The summed E-state index contributed by atoms with van der Waals surface area (Å²) in [7, 11) is 3.11. The lowest BCUT2D eigenvalue weighted by atomic mass is 10.3. The molecule has 0 spiro atoms. The number of aromatic nitrogens is 2. The summed E-state index contributed by atoms with van der Waals surface area (Å²) >= 11 is 0. The fraction of sp³-hybridized carbons (Fsp3) is 0.556. The van der Waals surface area contributed by atoms with E-state index in [0.717, 1.165) is 0 Å². The number of ether oxygens (including phenoxy) is 2. The van der Waals surface area contributed by atoms with Crippen molar-refractivity contribution in [3.63, 3.8) is 0 Å². The van der Waals surface area contributed by atoms with Crippen LogP contribution in [0.15, 0.2) is 12.4 Å². The molecular weight excluding hydrogens is 198 g/mol. The molecule has 0 amide bonds. The van der Waals surface area contributed by atoms with Crippen molar-refractivity contribution >= 4 is 5.82 Å². The minimum atomic E-state index is -0.186. The maximum Gasteiger partial charge on any atom is 0.218 e. The van der Waals surface area contributed by atoms with Gasteiger partial charge < -0.3 is 19.9 Å². The molecule has 1 rings (SSSR count). The van der Waals surface area contributed by atoms with Gasteiger partial charge in [0.1, 0.15) is 12.1 Å². The summed E-state index contributed by atoms with van der Waals surface area (Å²) in [6.45, 7) is 0.378. The van der Waals surface area contributed by atoms with Crippen molar-refractivity contribution in [2.24, 2.45) is 0 Å². The first kappa shape index (κ1) is 11.7. The molecular formula is C9H15N3O3. The van der Waals surface area contributed by atoms with Crippen LogP contribution in [0.3, 0.4) is 0 Å². The number of aliphatic hydroxyl groups is 1. The summed E-state index contributed by atoms with van der Waals surface area (Å²) in [5, 5.41) is 12.0. The fourth-order valence-electron chi connectivity index (χ4n) is 1.08. The summed E-state index contributed by atoms with van der Waals surface area (Å²) in [6, 6.07) is 1.47. The minimum absolute atomic E-state index is 0.0276. The number of nitrogens with one attached hydrogen (secondary N) is 1. The van der Waals surface area contributed by atoms with Crippen LogP contribution in [0.5, 0.6) is 5.88 Å². The zero-order valence-electron chi connectivity index (χ0n) is 8.80. The Morgan fingerprint density at radius 2 is 2.27 bits per heavy atom. The zero-order chi connectivity index (χ0) is 11.1. The first-order chi connectivity index (χ1) is 7.30. The van der Waals surface area contributed by atoms with Crippen LogP contribution in [0.2, 0.25) is 0 Å². The van der Waals surface area contributed by atoms with E-state index in [0.29, 0.717) is 18.3 Å². The zero-order valence-corrected chi connectivity index (χ0v) is 8.80. The normalized spacial score (nSPS) is 12.2. The number of aliphatic hydroxyl groups excluding tert-OH is 1. The third-order valence-corrected chi connectivity index (χ3v) is 1.79. The first-order valence-electron chi connectivity index (χ1n) is 4.52. The van der Waals surface area contributed by atoms with E-state index in [4.69, 9.17) is 14.6 Å². The van der Waals surface area contributed by atoms with Gasteiger partial charge >= 0.3 is 0 Å². The number of nitrogens with zero attached hydrogens (tertiary/aromatic N) is 2. The van der Waals surface area contributed by atoms with E-state index in [2.05, 4.69) is 15.3 Å². The molecule has 0 saturated heterocycles. The van der Waals surface area contributed by atoms with Crippen molar-refractivity contribution in [3.05, 3.63) is 12.4 Å². The number of methoxy groups -OCH3 is 2. The molecule has 1 aromatic rings. The molecule has 0 aromatic carbocycles. The highest BCUT2D eigenvalue weighted by atomic mass is 16.5. The Kier molecular flexibility index (Phi) is 4.79. The molecule has 0 bridgehead atoms. The van der Waals surface area contributed by atoms with E-state index in [1.165, 1.54) is 13.4 Å². The van der Waals surface area contributed by atoms with Gasteiger partial charge in [0.2, 0.25) is 5.88 Å². The highest BCUT2D eigenvalue weighted by molar-refractivity contribution is 5.38. The van der Waals surface area contributed by atoms with Crippen molar-refractivity contribution < 1.29 is 14.6 Å². The van der Waals surface area contributed by atoms with Crippen molar-refractivity contribution in [1.82, 2.24) is 9.97 Å². The smallest absolute Gasteiger partial charge is 0.218 e. The molecule has 6 nitrogen and oxygen atoms in total. The summed E-state index contributed by atoms with van der Waals surface area (Å²) in [5.41, 5.74) is 0. The Morgan fingerprint density at radius 3 is 2.87 bits per heavy atom. The largest absolute Gasteiger partial charge is 0.481 e. The molecule has 1 unspecified atom stereocenters. The van der Waals surface area contributed by atoms with Crippen molar-refractivity contribution in [3.8, 4) is 5.88 Å². The van der Waals surface area contributed by atoms with Gasteiger partial charge in [0.05, 0.1) is 26.4 Å². The van der Waals surface area contributed by atoms with Gasteiger partial charge in [-0.2, -0.15) is 0 Å². The van der Waals surface area contributed by atoms with Gasteiger partial charge in [-0.3, -0.25) is 0 Å². The summed E-state index contributed by atoms with van der Waals surface area (Å²) in [5.74, 6) is 1.07.